The van der Waals surface area contributed by atoms with Crippen molar-refractivity contribution in [3.05, 3.63) is 35.4 Å². The van der Waals surface area contributed by atoms with Gasteiger partial charge < -0.3 is 10.0 Å². The molecule has 0 bridgehead atoms. The minimum absolute atomic E-state index is 0.117. The Morgan fingerprint density at radius 1 is 1.10 bits per heavy atom. The van der Waals surface area contributed by atoms with Crippen molar-refractivity contribution in [3.63, 3.8) is 0 Å². The van der Waals surface area contributed by atoms with Crippen LogP contribution >= 0.6 is 0 Å². The first-order valence-electron chi connectivity index (χ1n) is 6.73. The molecule has 3 rings (SSSR count). The molecule has 2 aliphatic heterocycles. The van der Waals surface area contributed by atoms with Crippen LogP contribution in [-0.2, 0) is 9.84 Å². The molecular formula is C14H17NO4S. The maximum atomic E-state index is 11.5. The fraction of sp³-hybridized carbons (Fsp3) is 0.500. The summed E-state index contributed by atoms with van der Waals surface area (Å²) in [5.41, 5.74) is 2.20. The van der Waals surface area contributed by atoms with E-state index in [1.165, 1.54) is 4.90 Å². The van der Waals surface area contributed by atoms with Gasteiger partial charge in [0.1, 0.15) is 0 Å². The van der Waals surface area contributed by atoms with Crippen LogP contribution in [0.25, 0.3) is 0 Å². The lowest BCUT2D eigenvalue weighted by Gasteiger charge is -2.37. The second kappa shape index (κ2) is 4.77. The van der Waals surface area contributed by atoms with Gasteiger partial charge in [-0.3, -0.25) is 0 Å². The average molecular weight is 295 g/mol. The number of amides is 1. The van der Waals surface area contributed by atoms with Crippen molar-refractivity contribution in [1.29, 1.82) is 0 Å². The molecule has 1 amide bonds. The molecule has 1 aromatic rings. The zero-order valence-electron chi connectivity index (χ0n) is 11.0. The minimum Gasteiger partial charge on any atom is -0.465 e. The molecule has 2 fully saturated rings. The summed E-state index contributed by atoms with van der Waals surface area (Å²) in [6, 6.07) is 7.99. The third kappa shape index (κ3) is 2.52. The number of rotatable bonds is 2. The lowest BCUT2D eigenvalue weighted by molar-refractivity contribution is 0.105. The van der Waals surface area contributed by atoms with Gasteiger partial charge in [-0.1, -0.05) is 24.3 Å². The van der Waals surface area contributed by atoms with Gasteiger partial charge in [-0.2, -0.15) is 0 Å². The van der Waals surface area contributed by atoms with Crippen LogP contribution in [0.1, 0.15) is 29.4 Å². The van der Waals surface area contributed by atoms with Crippen molar-refractivity contribution in [2.45, 2.75) is 18.3 Å². The first kappa shape index (κ1) is 13.4. The number of sulfone groups is 1. The fourth-order valence-corrected chi connectivity index (χ4v) is 4.73. The lowest BCUT2D eigenvalue weighted by atomic mass is 9.89. The first-order chi connectivity index (χ1) is 9.44. The van der Waals surface area contributed by atoms with Crippen LogP contribution in [0.3, 0.4) is 0 Å². The monoisotopic (exact) mass is 295 g/mol. The molecule has 1 N–H and O–H groups in total. The van der Waals surface area contributed by atoms with E-state index in [0.29, 0.717) is 19.5 Å². The number of hydrogen-bond acceptors (Lipinski definition) is 3. The summed E-state index contributed by atoms with van der Waals surface area (Å²) in [6.45, 7) is 1.10. The fourth-order valence-electron chi connectivity index (χ4n) is 2.94. The largest absolute Gasteiger partial charge is 0.465 e. The number of carbonyl (C=O) groups is 1. The van der Waals surface area contributed by atoms with Crippen LogP contribution in [-0.4, -0.2) is 49.1 Å². The highest BCUT2D eigenvalue weighted by Crippen LogP contribution is 2.31. The van der Waals surface area contributed by atoms with Gasteiger partial charge in [-0.15, -0.1) is 0 Å². The Labute approximate surface area is 118 Å². The Hall–Kier alpha value is -1.56. The summed E-state index contributed by atoms with van der Waals surface area (Å²) >= 11 is 0. The topological polar surface area (TPSA) is 74.7 Å². The molecular weight excluding hydrogens is 278 g/mol. The van der Waals surface area contributed by atoms with Gasteiger partial charge >= 0.3 is 6.09 Å². The molecule has 1 atom stereocenters. The molecule has 1 aromatic carbocycles. The smallest absolute Gasteiger partial charge is 0.407 e. The van der Waals surface area contributed by atoms with Crippen LogP contribution in [0.2, 0.25) is 0 Å². The van der Waals surface area contributed by atoms with E-state index in [4.69, 9.17) is 5.11 Å². The van der Waals surface area contributed by atoms with E-state index in [9.17, 15) is 13.2 Å². The third-order valence-corrected chi connectivity index (χ3v) is 6.03. The van der Waals surface area contributed by atoms with Gasteiger partial charge in [-0.05, 0) is 23.5 Å². The Balaban J connectivity index is 1.66. The predicted molar refractivity (Wildman–Crippen MR) is 74.8 cm³/mol. The van der Waals surface area contributed by atoms with Crippen LogP contribution in [0.5, 0.6) is 0 Å². The molecule has 0 spiro atoms. The van der Waals surface area contributed by atoms with E-state index >= 15 is 0 Å². The number of likely N-dealkylation sites (tertiary alicyclic amines) is 1. The highest BCUT2D eigenvalue weighted by Gasteiger charge is 2.32. The van der Waals surface area contributed by atoms with Gasteiger partial charge in [0.2, 0.25) is 0 Å². The van der Waals surface area contributed by atoms with Crippen LogP contribution in [0.15, 0.2) is 24.3 Å². The Morgan fingerprint density at radius 3 is 2.10 bits per heavy atom. The van der Waals surface area contributed by atoms with Crippen molar-refractivity contribution >= 4 is 15.9 Å². The summed E-state index contributed by atoms with van der Waals surface area (Å²) in [7, 11) is -2.85. The second-order valence-electron chi connectivity index (χ2n) is 5.65. The molecule has 1 unspecified atom stereocenters. The van der Waals surface area contributed by atoms with Crippen molar-refractivity contribution < 1.29 is 18.3 Å². The summed E-state index contributed by atoms with van der Waals surface area (Å²) < 4.78 is 23.0. The molecule has 108 valence electrons. The van der Waals surface area contributed by atoms with E-state index in [0.717, 1.165) is 11.1 Å². The zero-order valence-corrected chi connectivity index (χ0v) is 11.8. The van der Waals surface area contributed by atoms with Crippen LogP contribution < -0.4 is 0 Å². The molecule has 0 aromatic heterocycles. The number of benzene rings is 1. The Bertz CT molecular complexity index is 617. The summed E-state index contributed by atoms with van der Waals surface area (Å²) in [6.07, 6.45) is -0.160. The van der Waals surface area contributed by atoms with Gasteiger partial charge in [0.05, 0.1) is 11.5 Å². The molecule has 20 heavy (non-hydrogen) atoms. The summed E-state index contributed by atoms with van der Waals surface area (Å²) in [4.78, 5) is 12.1. The first-order valence-corrected chi connectivity index (χ1v) is 8.55. The molecule has 0 radical (unpaired) electrons. The Kier molecular flexibility index (Phi) is 3.20. The van der Waals surface area contributed by atoms with Crippen molar-refractivity contribution in [2.75, 3.05) is 24.6 Å². The SMILES string of the molecule is O=C(O)N1CC(c2ccc(C3CCS(=O)(=O)C3)cc2)C1. The molecule has 2 saturated heterocycles. The van der Waals surface area contributed by atoms with Crippen LogP contribution in [0, 0.1) is 0 Å². The van der Waals surface area contributed by atoms with Crippen molar-refractivity contribution in [1.82, 2.24) is 4.90 Å². The van der Waals surface area contributed by atoms with Crippen molar-refractivity contribution in [2.24, 2.45) is 0 Å². The standard InChI is InChI=1S/C14H17NO4S/c16-14(17)15-7-13(8-15)11-3-1-10(2-4-11)12-5-6-20(18,19)9-12/h1-4,12-13H,5-9H2,(H,16,17). The molecule has 0 aliphatic carbocycles. The summed E-state index contributed by atoms with van der Waals surface area (Å²) in [5.74, 6) is 0.927. The highest BCUT2D eigenvalue weighted by molar-refractivity contribution is 7.91. The molecule has 0 saturated carbocycles. The maximum Gasteiger partial charge on any atom is 0.407 e. The normalized spacial score (nSPS) is 25.4. The average Bonchev–Trinajstić information content (AvgIpc) is 2.68. The Morgan fingerprint density at radius 2 is 1.65 bits per heavy atom. The van der Waals surface area contributed by atoms with Gasteiger partial charge in [0.25, 0.3) is 0 Å². The molecule has 6 heteroatoms. The van der Waals surface area contributed by atoms with Gasteiger partial charge in [0, 0.05) is 19.0 Å². The minimum atomic E-state index is -2.85. The molecule has 2 aliphatic rings. The van der Waals surface area contributed by atoms with Crippen molar-refractivity contribution in [3.8, 4) is 0 Å². The molecule has 5 nitrogen and oxygen atoms in total. The van der Waals surface area contributed by atoms with Crippen LogP contribution in [0.4, 0.5) is 4.79 Å². The predicted octanol–water partition coefficient (Wildman–Crippen LogP) is 1.67. The van der Waals surface area contributed by atoms with E-state index in [-0.39, 0.29) is 23.3 Å². The van der Waals surface area contributed by atoms with E-state index in [2.05, 4.69) is 0 Å². The van der Waals surface area contributed by atoms with E-state index in [1.54, 1.807) is 0 Å². The number of hydrogen-bond donors (Lipinski definition) is 1. The van der Waals surface area contributed by atoms with Gasteiger partial charge in [-0.25, -0.2) is 13.2 Å². The maximum absolute atomic E-state index is 11.5. The third-order valence-electron chi connectivity index (χ3n) is 4.26. The van der Waals surface area contributed by atoms with Gasteiger partial charge in [0.15, 0.2) is 9.84 Å². The second-order valence-corrected chi connectivity index (χ2v) is 7.88. The van der Waals surface area contributed by atoms with E-state index in [1.807, 2.05) is 24.3 Å². The van der Waals surface area contributed by atoms with E-state index < -0.39 is 15.9 Å². The number of carboxylic acid groups (broad SMARTS) is 1. The molecule has 2 heterocycles. The highest BCUT2D eigenvalue weighted by atomic mass is 32.2. The quantitative estimate of drug-likeness (QED) is 0.900. The zero-order chi connectivity index (χ0) is 14.3. The number of nitrogens with zero attached hydrogens (tertiary/aromatic N) is 1. The summed E-state index contributed by atoms with van der Waals surface area (Å²) in [5, 5.41) is 8.80. The lowest BCUT2D eigenvalue weighted by Crippen LogP contribution is -2.47.